The maximum Gasteiger partial charge on any atom is 0.416 e. The van der Waals surface area contributed by atoms with Crippen LogP contribution in [0.1, 0.15) is 85.0 Å². The van der Waals surface area contributed by atoms with E-state index in [-0.39, 0.29) is 131 Å². The third kappa shape index (κ3) is 25.6. The number of alkyl halides is 1. The van der Waals surface area contributed by atoms with Gasteiger partial charge in [-0.15, -0.1) is 11.6 Å². The Balaban J connectivity index is 0.600. The Kier molecular flexibility index (Phi) is 34.9. The van der Waals surface area contributed by atoms with Gasteiger partial charge in [0.1, 0.15) is 24.4 Å². The second-order valence-electron chi connectivity index (χ2n) is 28.8. The number of nitrogens with one attached hydrogen (secondary N) is 4. The van der Waals surface area contributed by atoms with E-state index < -0.39 is 72.0 Å². The predicted molar refractivity (Wildman–Crippen MR) is 429 cm³/mol. The lowest BCUT2D eigenvalue weighted by Crippen LogP contribution is -2.55. The molecule has 5 aromatic carbocycles. The maximum atomic E-state index is 14.8. The van der Waals surface area contributed by atoms with Crippen LogP contribution in [0.2, 0.25) is 0 Å². The summed E-state index contributed by atoms with van der Waals surface area (Å²) in [6.07, 6.45) is -0.227. The van der Waals surface area contributed by atoms with E-state index in [1.807, 2.05) is 55.6 Å². The number of amides is 10. The molecular weight excluding hydrogens is 1540 g/mol. The Bertz CT molecular complexity index is 4220. The zero-order valence-electron chi connectivity index (χ0n) is 66.9. The summed E-state index contributed by atoms with van der Waals surface area (Å²) in [6.45, 7) is 13.4. The lowest BCUT2D eigenvalue weighted by Gasteiger charge is -2.39. The molecule has 0 aromatic heterocycles. The zero-order chi connectivity index (χ0) is 83.2. The van der Waals surface area contributed by atoms with Crippen LogP contribution in [0.5, 0.6) is 17.2 Å². The van der Waals surface area contributed by atoms with Gasteiger partial charge in [-0.1, -0.05) is 74.5 Å². The first-order chi connectivity index (χ1) is 56.7. The van der Waals surface area contributed by atoms with Crippen LogP contribution in [0.25, 0.3) is 10.8 Å². The van der Waals surface area contributed by atoms with Gasteiger partial charge >= 0.3 is 12.2 Å². The van der Waals surface area contributed by atoms with Crippen LogP contribution in [0.15, 0.2) is 103 Å². The molecule has 33 nitrogen and oxygen atoms in total. The first-order valence-corrected chi connectivity index (χ1v) is 40.1. The van der Waals surface area contributed by atoms with Crippen molar-refractivity contribution in [2.45, 2.75) is 96.3 Å². The number of likely N-dealkylation sites (N-methyl/N-ethyl adjacent to an activating group) is 1. The first-order valence-electron chi connectivity index (χ1n) is 39.6. The van der Waals surface area contributed by atoms with Crippen LogP contribution in [0.4, 0.5) is 26.7 Å². The van der Waals surface area contributed by atoms with Gasteiger partial charge in [-0.2, -0.15) is 0 Å². The van der Waals surface area contributed by atoms with E-state index in [9.17, 15) is 53.1 Å². The number of halogens is 1. The highest BCUT2D eigenvalue weighted by atomic mass is 35.5. The Morgan fingerprint density at radius 1 is 0.598 bits per heavy atom. The Morgan fingerprint density at radius 3 is 1.79 bits per heavy atom. The predicted octanol–water partition coefficient (Wildman–Crippen LogP) is 5.70. The van der Waals surface area contributed by atoms with Gasteiger partial charge in [-0.3, -0.25) is 43.3 Å². The molecule has 0 spiro atoms. The lowest BCUT2D eigenvalue weighted by atomic mass is 9.93. The lowest BCUT2D eigenvalue weighted by molar-refractivity contribution is -0.137. The summed E-state index contributed by atoms with van der Waals surface area (Å²) in [7, 11) is 3.42. The number of imide groups is 1. The van der Waals surface area contributed by atoms with Crippen LogP contribution in [0.3, 0.4) is 0 Å². The molecule has 1 unspecified atom stereocenters. The van der Waals surface area contributed by atoms with Crippen molar-refractivity contribution in [3.63, 3.8) is 0 Å². The smallest absolute Gasteiger partial charge is 0.416 e. The van der Waals surface area contributed by atoms with Crippen molar-refractivity contribution < 1.29 is 110 Å². The summed E-state index contributed by atoms with van der Waals surface area (Å²) in [5.74, 6) is -2.98. The standard InChI is InChI=1S/C83H107ClN10O23/c1-55(2)77(88-72(96)23-31-107-33-35-109-37-39-111-41-43-113-45-46-114-44-42-112-40-38-110-36-34-108-32-24-85-71(95)22-25-91-74(98)20-21-75(91)99)79(101)86-56(3)78(100)87-61-18-16-57(17-19-61)54-116-83(105)94-65-49-70(69(106-5)48-64(65)80(102)93-52-59-12-7-6-11-58(59)47-67(93)81(94)103)115-30-10-15-73(97)92-53-60(51-84)76-63-14-9-8-13-62(63)68(50-66(76)92)117-82(104)90-28-26-89(4)27-29-90/h6-9,11-14,16-21,48-50,55-56,60,67,77,81,103H,10,15,22-47,51-54H2,1-5H3,(H,85,95)(H,86,101)(H,87,100)(H,88,96)/t56-,60+,67-,77-,81?/m0/s1. The molecule has 10 rings (SSSR count). The average Bonchev–Trinajstić information content (AvgIpc) is 1.62. The fourth-order valence-corrected chi connectivity index (χ4v) is 14.0. The van der Waals surface area contributed by atoms with Crippen molar-refractivity contribution in [3.8, 4) is 17.2 Å². The molecule has 5 aliphatic rings. The summed E-state index contributed by atoms with van der Waals surface area (Å²) in [5.41, 5.74) is 4.19. The quantitative estimate of drug-likeness (QED) is 0.0177. The van der Waals surface area contributed by atoms with Crippen LogP contribution >= 0.6 is 11.6 Å². The molecule has 0 bridgehead atoms. The molecule has 0 radical (unpaired) electrons. The third-order valence-corrected chi connectivity index (χ3v) is 20.6. The molecule has 34 heteroatoms. The van der Waals surface area contributed by atoms with Crippen LogP contribution in [0, 0.1) is 5.92 Å². The van der Waals surface area contributed by atoms with E-state index in [0.717, 1.165) is 50.4 Å². The minimum atomic E-state index is -1.61. The largest absolute Gasteiger partial charge is 0.493 e. The van der Waals surface area contributed by atoms with Crippen LogP contribution in [-0.4, -0.2) is 287 Å². The number of hydrogen-bond acceptors (Lipinski definition) is 24. The molecule has 10 amide bonds. The van der Waals surface area contributed by atoms with Crippen molar-refractivity contribution in [2.75, 3.05) is 193 Å². The van der Waals surface area contributed by atoms with Crippen LogP contribution in [-0.2, 0) is 95.8 Å². The van der Waals surface area contributed by atoms with E-state index in [1.165, 1.54) is 43.2 Å². The topological polar surface area (TPSA) is 369 Å². The molecule has 5 heterocycles. The number of benzene rings is 5. The Morgan fingerprint density at radius 2 is 1.18 bits per heavy atom. The number of hydrogen-bond donors (Lipinski definition) is 5. The van der Waals surface area contributed by atoms with E-state index in [2.05, 4.69) is 26.2 Å². The SMILES string of the molecule is COc1cc2c(cc1OCCCC(=O)N1C[C@@H](CCl)c3c1cc(OC(=O)N1CCN(C)CC1)c1ccccc31)N(C(=O)OCc1ccc(NC(=O)[C@H](C)NC(=O)[C@@H](NC(=O)CCOCCOCCOCCOCCOCCOCCOCCOCCNC(=O)CCN3C(=O)C=CC3=O)C(C)C)cc1)C(O)[C@@H]1Cc3ccccc3CN1C2=O. The van der Waals surface area contributed by atoms with Gasteiger partial charge in [-0.05, 0) is 78.6 Å². The number of piperazine rings is 1. The minimum absolute atomic E-state index is 0.00155. The number of carbonyl (C=O) groups excluding carboxylic acids is 10. The molecule has 5 aromatic rings. The monoisotopic (exact) mass is 1650 g/mol. The molecule has 0 saturated carbocycles. The molecule has 5 N–H and O–H groups in total. The highest BCUT2D eigenvalue weighted by Crippen LogP contribution is 2.47. The molecular formula is C83H107ClN10O23. The number of methoxy groups -OCH3 is 1. The van der Waals surface area contributed by atoms with Gasteiger partial charge in [-0.25, -0.2) is 14.5 Å². The summed E-state index contributed by atoms with van der Waals surface area (Å²) < 4.78 is 68.3. The molecule has 1 saturated heterocycles. The number of nitrogens with zero attached hydrogens (tertiary/aromatic N) is 6. The third-order valence-electron chi connectivity index (χ3n) is 20.2. The fourth-order valence-electron chi connectivity index (χ4n) is 13.8. The highest BCUT2D eigenvalue weighted by Gasteiger charge is 2.46. The number of ether oxygens (including phenoxy) is 12. The molecule has 0 aliphatic carbocycles. The second-order valence-corrected chi connectivity index (χ2v) is 29.1. The summed E-state index contributed by atoms with van der Waals surface area (Å²) in [4.78, 5) is 141. The van der Waals surface area contributed by atoms with E-state index in [0.29, 0.717) is 135 Å². The highest BCUT2D eigenvalue weighted by molar-refractivity contribution is 6.19. The number of aliphatic hydroxyl groups is 1. The Hall–Kier alpha value is -9.91. The Labute approximate surface area is 684 Å². The van der Waals surface area contributed by atoms with Crippen molar-refractivity contribution in [1.29, 1.82) is 0 Å². The summed E-state index contributed by atoms with van der Waals surface area (Å²) in [6, 6.07) is 23.4. The summed E-state index contributed by atoms with van der Waals surface area (Å²) >= 11 is 6.60. The number of carbonyl (C=O) groups is 10. The van der Waals surface area contributed by atoms with Crippen molar-refractivity contribution in [1.82, 2.24) is 35.6 Å². The zero-order valence-corrected chi connectivity index (χ0v) is 67.7. The first kappa shape index (κ1) is 89.4. The normalized spacial score (nSPS) is 16.9. The molecule has 5 atom stereocenters. The van der Waals surface area contributed by atoms with Crippen molar-refractivity contribution in [2.24, 2.45) is 5.92 Å². The van der Waals surface area contributed by atoms with Gasteiger partial charge in [0, 0.05) is 119 Å². The number of fused-ring (bicyclic) bond motifs is 6. The van der Waals surface area contributed by atoms with Crippen molar-refractivity contribution >= 4 is 98.9 Å². The van der Waals surface area contributed by atoms with Gasteiger partial charge in [0.15, 0.2) is 17.7 Å². The minimum Gasteiger partial charge on any atom is -0.493 e. The van der Waals surface area contributed by atoms with E-state index >= 15 is 0 Å². The molecule has 1 fully saturated rings. The molecule has 634 valence electrons. The number of rotatable bonds is 46. The van der Waals surface area contributed by atoms with E-state index in [4.69, 9.17) is 68.4 Å². The number of anilines is 3. The average molecular weight is 1650 g/mol. The van der Waals surface area contributed by atoms with E-state index in [1.54, 1.807) is 54.0 Å². The number of aliphatic hydroxyl groups excluding tert-OH is 1. The van der Waals surface area contributed by atoms with Gasteiger partial charge in [0.2, 0.25) is 29.5 Å². The second kappa shape index (κ2) is 45.7. The van der Waals surface area contributed by atoms with Crippen molar-refractivity contribution in [3.05, 3.63) is 131 Å². The van der Waals surface area contributed by atoms with Gasteiger partial charge < -0.3 is 103 Å². The fraction of sp³-hybridized carbons (Fsp3) is 0.518. The van der Waals surface area contributed by atoms with Gasteiger partial charge in [0.25, 0.3) is 17.7 Å². The molecule has 117 heavy (non-hydrogen) atoms. The van der Waals surface area contributed by atoms with Gasteiger partial charge in [0.05, 0.1) is 142 Å². The maximum absolute atomic E-state index is 14.8. The molecule has 5 aliphatic heterocycles. The summed E-state index contributed by atoms with van der Waals surface area (Å²) in [5, 5.41) is 24.9. The van der Waals surface area contributed by atoms with Crippen LogP contribution < -0.4 is 45.3 Å².